The molecule has 7 nitrogen and oxygen atoms in total. The van der Waals surface area contributed by atoms with Gasteiger partial charge in [-0.1, -0.05) is 66.7 Å². The molecule has 2 rings (SSSR count). The van der Waals surface area contributed by atoms with Crippen molar-refractivity contribution in [2.24, 2.45) is 0 Å². The van der Waals surface area contributed by atoms with Crippen molar-refractivity contribution in [3.05, 3.63) is 77.9 Å². The molecule has 0 aliphatic heterocycles. The molecule has 2 N–H and O–H groups in total. The van der Waals surface area contributed by atoms with Gasteiger partial charge in [0.25, 0.3) is 0 Å². The molecule has 0 heterocycles. The minimum absolute atomic E-state index is 0.0869. The third-order valence-electron chi connectivity index (χ3n) is 3.98. The molecule has 2 atom stereocenters. The standard InChI is InChI=1S/C21H21NO6/c1-27-20(25)21(26,13-12-16-8-4-2-5-9-16)18(22-15-23)19(24)28-14-17-10-6-3-7-11-17/h2-13,15,18,26H,14H2,1H3,(H,22,23)/b13-12+/t18-,21+/m0/s1. The second kappa shape index (κ2) is 10.0. The lowest BCUT2D eigenvalue weighted by molar-refractivity contribution is -0.169. The van der Waals surface area contributed by atoms with Crippen LogP contribution in [0.5, 0.6) is 0 Å². The number of carbonyl (C=O) groups excluding carboxylic acids is 3. The zero-order valence-electron chi connectivity index (χ0n) is 15.3. The SMILES string of the molecule is COC(=O)[C@@](O)(/C=C/c1ccccc1)[C@@H](NC=O)C(=O)OCc1ccccc1. The van der Waals surface area contributed by atoms with Gasteiger partial charge in [-0.15, -0.1) is 0 Å². The van der Waals surface area contributed by atoms with Crippen molar-refractivity contribution in [3.8, 4) is 0 Å². The van der Waals surface area contributed by atoms with E-state index >= 15 is 0 Å². The highest BCUT2D eigenvalue weighted by atomic mass is 16.6. The topological polar surface area (TPSA) is 102 Å². The van der Waals surface area contributed by atoms with Gasteiger partial charge in [-0.3, -0.25) is 4.79 Å². The van der Waals surface area contributed by atoms with Gasteiger partial charge in [0, 0.05) is 0 Å². The number of rotatable bonds is 9. The zero-order chi connectivity index (χ0) is 20.4. The van der Waals surface area contributed by atoms with Crippen molar-refractivity contribution in [3.63, 3.8) is 0 Å². The Kier molecular flexibility index (Phi) is 7.47. The van der Waals surface area contributed by atoms with Crippen LogP contribution in [0, 0.1) is 0 Å². The van der Waals surface area contributed by atoms with Crippen molar-refractivity contribution < 1.29 is 29.0 Å². The van der Waals surface area contributed by atoms with Crippen LogP contribution in [-0.2, 0) is 30.5 Å². The first-order valence-corrected chi connectivity index (χ1v) is 8.46. The van der Waals surface area contributed by atoms with Gasteiger partial charge >= 0.3 is 11.9 Å². The van der Waals surface area contributed by atoms with E-state index in [4.69, 9.17) is 4.74 Å². The molecule has 0 unspecified atom stereocenters. The molecule has 0 fully saturated rings. The maximum Gasteiger partial charge on any atom is 0.344 e. The molecule has 0 radical (unpaired) electrons. The Bertz CT molecular complexity index is 821. The summed E-state index contributed by atoms with van der Waals surface area (Å²) in [6, 6.07) is 16.0. The van der Waals surface area contributed by atoms with Crippen LogP contribution in [0.4, 0.5) is 0 Å². The molecule has 0 saturated heterocycles. The number of methoxy groups -OCH3 is 1. The van der Waals surface area contributed by atoms with E-state index in [0.29, 0.717) is 11.1 Å². The van der Waals surface area contributed by atoms with E-state index in [-0.39, 0.29) is 13.0 Å². The molecule has 0 spiro atoms. The van der Waals surface area contributed by atoms with Crippen LogP contribution in [0.15, 0.2) is 66.7 Å². The van der Waals surface area contributed by atoms with E-state index in [0.717, 1.165) is 13.2 Å². The Labute approximate surface area is 162 Å². The number of amides is 1. The summed E-state index contributed by atoms with van der Waals surface area (Å²) < 4.78 is 9.81. The quantitative estimate of drug-likeness (QED) is 0.502. The Hall–Kier alpha value is -3.45. The highest BCUT2D eigenvalue weighted by Crippen LogP contribution is 2.19. The van der Waals surface area contributed by atoms with E-state index in [1.54, 1.807) is 48.5 Å². The van der Waals surface area contributed by atoms with E-state index in [2.05, 4.69) is 10.1 Å². The predicted molar refractivity (Wildman–Crippen MR) is 102 cm³/mol. The molecule has 2 aromatic rings. The molecule has 1 amide bonds. The highest BCUT2D eigenvalue weighted by molar-refractivity contribution is 5.93. The first-order chi connectivity index (χ1) is 13.5. The Morgan fingerprint density at radius 1 is 1.11 bits per heavy atom. The average Bonchev–Trinajstić information content (AvgIpc) is 2.75. The summed E-state index contributed by atoms with van der Waals surface area (Å²) in [4.78, 5) is 35.8. The largest absolute Gasteiger partial charge is 0.467 e. The van der Waals surface area contributed by atoms with E-state index in [9.17, 15) is 19.5 Å². The molecule has 28 heavy (non-hydrogen) atoms. The number of aliphatic hydroxyl groups is 1. The van der Waals surface area contributed by atoms with Gasteiger partial charge in [0.05, 0.1) is 7.11 Å². The normalized spacial score (nSPS) is 13.9. The van der Waals surface area contributed by atoms with Crippen LogP contribution in [0.25, 0.3) is 6.08 Å². The summed E-state index contributed by atoms with van der Waals surface area (Å²) in [5, 5.41) is 13.1. The summed E-state index contributed by atoms with van der Waals surface area (Å²) in [7, 11) is 1.07. The number of hydrogen-bond acceptors (Lipinski definition) is 6. The van der Waals surface area contributed by atoms with Gasteiger partial charge in [-0.05, 0) is 17.2 Å². The van der Waals surface area contributed by atoms with Crippen molar-refractivity contribution in [2.45, 2.75) is 18.2 Å². The third kappa shape index (κ3) is 5.28. The molecule has 146 valence electrons. The van der Waals surface area contributed by atoms with E-state index < -0.39 is 23.6 Å². The van der Waals surface area contributed by atoms with E-state index in [1.165, 1.54) is 6.08 Å². The minimum atomic E-state index is -2.46. The van der Waals surface area contributed by atoms with Crippen molar-refractivity contribution >= 4 is 24.4 Å². The van der Waals surface area contributed by atoms with Gasteiger partial charge in [-0.2, -0.15) is 0 Å². The first kappa shape index (κ1) is 20.9. The monoisotopic (exact) mass is 383 g/mol. The molecule has 7 heteroatoms. The average molecular weight is 383 g/mol. The number of esters is 2. The third-order valence-corrected chi connectivity index (χ3v) is 3.98. The maximum absolute atomic E-state index is 12.5. The van der Waals surface area contributed by atoms with Crippen LogP contribution >= 0.6 is 0 Å². The summed E-state index contributed by atoms with van der Waals surface area (Å²) >= 11 is 0. The highest BCUT2D eigenvalue weighted by Gasteiger charge is 2.48. The molecule has 0 aliphatic rings. The summed E-state index contributed by atoms with van der Waals surface area (Å²) in [6.07, 6.45) is 2.75. The van der Waals surface area contributed by atoms with Crippen molar-refractivity contribution in [2.75, 3.05) is 7.11 Å². The molecule has 0 aromatic heterocycles. The lowest BCUT2D eigenvalue weighted by Crippen LogP contribution is -2.59. The molecule has 0 bridgehead atoms. The second-order valence-electron chi connectivity index (χ2n) is 5.87. The fourth-order valence-electron chi connectivity index (χ4n) is 2.49. The van der Waals surface area contributed by atoms with Crippen LogP contribution in [0.2, 0.25) is 0 Å². The lowest BCUT2D eigenvalue weighted by atomic mass is 9.92. The number of ether oxygens (including phenoxy) is 2. The van der Waals surface area contributed by atoms with Crippen LogP contribution in [-0.4, -0.2) is 42.2 Å². The van der Waals surface area contributed by atoms with Crippen LogP contribution in [0.3, 0.4) is 0 Å². The first-order valence-electron chi connectivity index (χ1n) is 8.46. The predicted octanol–water partition coefficient (Wildman–Crippen LogP) is 1.46. The molecule has 2 aromatic carbocycles. The number of hydrogen-bond donors (Lipinski definition) is 2. The molecular weight excluding hydrogens is 362 g/mol. The molecule has 0 aliphatic carbocycles. The second-order valence-corrected chi connectivity index (χ2v) is 5.87. The van der Waals surface area contributed by atoms with Crippen LogP contribution < -0.4 is 5.32 Å². The summed E-state index contributed by atoms with van der Waals surface area (Å²) in [6.45, 7) is -0.0869. The fourth-order valence-corrected chi connectivity index (χ4v) is 2.49. The Morgan fingerprint density at radius 2 is 1.71 bits per heavy atom. The van der Waals surface area contributed by atoms with Crippen molar-refractivity contribution in [1.29, 1.82) is 0 Å². The maximum atomic E-state index is 12.5. The van der Waals surface area contributed by atoms with E-state index in [1.807, 2.05) is 12.1 Å². The van der Waals surface area contributed by atoms with Gasteiger partial charge in [-0.25, -0.2) is 9.59 Å². The zero-order valence-corrected chi connectivity index (χ0v) is 15.3. The number of carbonyl (C=O) groups is 3. The summed E-state index contributed by atoms with van der Waals surface area (Å²) in [5.74, 6) is -2.10. The lowest BCUT2D eigenvalue weighted by Gasteiger charge is -2.29. The minimum Gasteiger partial charge on any atom is -0.467 e. The van der Waals surface area contributed by atoms with Gasteiger partial charge < -0.3 is 19.9 Å². The Morgan fingerprint density at radius 3 is 2.29 bits per heavy atom. The Balaban J connectivity index is 2.27. The molecule has 0 saturated carbocycles. The smallest absolute Gasteiger partial charge is 0.344 e. The van der Waals surface area contributed by atoms with Gasteiger partial charge in [0.15, 0.2) is 6.04 Å². The summed E-state index contributed by atoms with van der Waals surface area (Å²) in [5.41, 5.74) is -1.08. The number of nitrogens with one attached hydrogen (secondary N) is 1. The van der Waals surface area contributed by atoms with Crippen LogP contribution in [0.1, 0.15) is 11.1 Å². The van der Waals surface area contributed by atoms with Gasteiger partial charge in [0.2, 0.25) is 12.0 Å². The fraction of sp³-hybridized carbons (Fsp3) is 0.190. The van der Waals surface area contributed by atoms with Gasteiger partial charge in [0.1, 0.15) is 6.61 Å². The van der Waals surface area contributed by atoms with Crippen molar-refractivity contribution in [1.82, 2.24) is 5.32 Å². The molecular formula is C21H21NO6. The number of benzene rings is 2.